The smallest absolute Gasteiger partial charge is 0.261 e. The molecule has 1 fully saturated rings. The third-order valence-corrected chi connectivity index (χ3v) is 6.90. The fourth-order valence-electron chi connectivity index (χ4n) is 4.65. The molecule has 1 aliphatic rings. The molecule has 1 heterocycles. The Balaban J connectivity index is 0.000000586. The van der Waals surface area contributed by atoms with Crippen LogP contribution in [0.25, 0.3) is 0 Å². The molecule has 1 atom stereocenters. The Hall–Kier alpha value is -2.84. The minimum Gasteiger partial charge on any atom is -0.493 e. The van der Waals surface area contributed by atoms with Crippen LogP contribution in [0.1, 0.15) is 48.1 Å². The molecule has 0 amide bonds. The van der Waals surface area contributed by atoms with Gasteiger partial charge < -0.3 is 4.74 Å². The standard InChI is InChI=1S/C29H33ClN2O2.2CH4O3S/c1-21(2)24-9-10-25(29(33)27(19-24)34-3)20-31-15-17-32(18-16-31)28(22-7-5-4-6-8-22)23-11-13-26(30)14-12-23;2*1-5(2,3)4/h4-14,19,21,28H,15-18,20H2,1-3H3;2*1H3,(H,2,3,4). The van der Waals surface area contributed by atoms with Gasteiger partial charge >= 0.3 is 0 Å². The van der Waals surface area contributed by atoms with E-state index in [1.165, 1.54) is 11.1 Å². The van der Waals surface area contributed by atoms with Gasteiger partial charge in [-0.3, -0.25) is 23.7 Å². The van der Waals surface area contributed by atoms with E-state index in [4.69, 9.17) is 25.4 Å². The normalized spacial score (nSPS) is 14.9. The van der Waals surface area contributed by atoms with E-state index in [1.807, 2.05) is 24.3 Å². The molecule has 242 valence electrons. The number of benzene rings is 2. The number of hydrogen-bond acceptors (Lipinski definition) is 8. The van der Waals surface area contributed by atoms with E-state index in [0.717, 1.165) is 42.3 Å². The maximum atomic E-state index is 13.0. The van der Waals surface area contributed by atoms with Crippen molar-refractivity contribution in [2.75, 3.05) is 45.8 Å². The minimum atomic E-state index is -3.67. The summed E-state index contributed by atoms with van der Waals surface area (Å²) < 4.78 is 57.2. The topological polar surface area (TPSA) is 142 Å². The van der Waals surface area contributed by atoms with Crippen LogP contribution in [0.4, 0.5) is 0 Å². The molecule has 0 bridgehead atoms. The van der Waals surface area contributed by atoms with Gasteiger partial charge in [0.1, 0.15) is 0 Å². The SMILES string of the molecule is COc1cc(C(C)C)ccc(CN2CCN(C(c3ccccc3)c3ccc(Cl)cc3)CC2)c1=O.CS(=O)(=O)O.CS(=O)(=O)O. The molecule has 0 aromatic heterocycles. The van der Waals surface area contributed by atoms with Crippen molar-refractivity contribution in [3.8, 4) is 5.75 Å². The number of nitrogens with zero attached hydrogens (tertiary/aromatic N) is 2. The van der Waals surface area contributed by atoms with Crippen molar-refractivity contribution in [2.45, 2.75) is 32.4 Å². The van der Waals surface area contributed by atoms with E-state index in [0.29, 0.717) is 30.7 Å². The van der Waals surface area contributed by atoms with E-state index < -0.39 is 20.2 Å². The summed E-state index contributed by atoms with van der Waals surface area (Å²) in [6.45, 7) is 8.52. The molecular weight excluding hydrogens is 628 g/mol. The van der Waals surface area contributed by atoms with Crippen LogP contribution in [0.5, 0.6) is 5.75 Å². The Morgan fingerprint density at radius 2 is 1.27 bits per heavy atom. The molecule has 44 heavy (non-hydrogen) atoms. The highest BCUT2D eigenvalue weighted by molar-refractivity contribution is 7.85. The van der Waals surface area contributed by atoms with Gasteiger partial charge in [-0.15, -0.1) is 0 Å². The van der Waals surface area contributed by atoms with Crippen molar-refractivity contribution in [2.24, 2.45) is 0 Å². The van der Waals surface area contributed by atoms with Crippen molar-refractivity contribution in [1.29, 1.82) is 0 Å². The van der Waals surface area contributed by atoms with Crippen LogP contribution >= 0.6 is 11.6 Å². The summed E-state index contributed by atoms with van der Waals surface area (Å²) in [6, 6.07) is 24.9. The van der Waals surface area contributed by atoms with Crippen LogP contribution in [0.3, 0.4) is 0 Å². The predicted octanol–water partition coefficient (Wildman–Crippen LogP) is 4.75. The minimum absolute atomic E-state index is 0.0137. The van der Waals surface area contributed by atoms with Gasteiger partial charge in [-0.1, -0.05) is 80.0 Å². The van der Waals surface area contributed by atoms with Crippen molar-refractivity contribution in [1.82, 2.24) is 9.80 Å². The predicted molar refractivity (Wildman–Crippen MR) is 175 cm³/mol. The lowest BCUT2D eigenvalue weighted by molar-refractivity contribution is 0.104. The van der Waals surface area contributed by atoms with Gasteiger partial charge in [-0.05, 0) is 40.8 Å². The molecule has 13 heteroatoms. The maximum Gasteiger partial charge on any atom is 0.261 e. The fourth-order valence-corrected chi connectivity index (χ4v) is 4.77. The molecule has 2 N–H and O–H groups in total. The quantitative estimate of drug-likeness (QED) is 0.339. The highest BCUT2D eigenvalue weighted by atomic mass is 35.5. The number of rotatable bonds is 7. The van der Waals surface area contributed by atoms with E-state index in [-0.39, 0.29) is 11.5 Å². The van der Waals surface area contributed by atoms with Gasteiger partial charge in [0.15, 0.2) is 5.75 Å². The van der Waals surface area contributed by atoms with Crippen LogP contribution < -0.4 is 10.2 Å². The molecule has 3 aromatic rings. The lowest BCUT2D eigenvalue weighted by Gasteiger charge is -2.39. The second-order valence-corrected chi connectivity index (χ2v) is 14.1. The largest absolute Gasteiger partial charge is 0.493 e. The van der Waals surface area contributed by atoms with E-state index in [1.54, 1.807) is 7.11 Å². The number of hydrogen-bond donors (Lipinski definition) is 2. The second kappa shape index (κ2) is 17.0. The van der Waals surface area contributed by atoms with Gasteiger partial charge in [-0.25, -0.2) is 0 Å². The van der Waals surface area contributed by atoms with Crippen molar-refractivity contribution in [3.63, 3.8) is 0 Å². The highest BCUT2D eigenvalue weighted by Crippen LogP contribution is 2.30. The first kappa shape index (κ1) is 37.3. The fraction of sp³-hybridized carbons (Fsp3) is 0.387. The molecular formula is C31H41ClN2O8S2. The average molecular weight is 669 g/mol. The summed E-state index contributed by atoms with van der Waals surface area (Å²) in [5.74, 6) is 0.758. The van der Waals surface area contributed by atoms with E-state index >= 15 is 0 Å². The number of ether oxygens (including phenoxy) is 1. The summed E-state index contributed by atoms with van der Waals surface area (Å²) in [6.07, 6.45) is 1.43. The van der Waals surface area contributed by atoms with Gasteiger partial charge in [0.25, 0.3) is 20.2 Å². The zero-order valence-electron chi connectivity index (χ0n) is 25.6. The summed E-state index contributed by atoms with van der Waals surface area (Å²) in [4.78, 5) is 17.9. The van der Waals surface area contributed by atoms with Crippen molar-refractivity contribution < 1.29 is 30.7 Å². The lowest BCUT2D eigenvalue weighted by atomic mass is 9.96. The van der Waals surface area contributed by atoms with Gasteiger partial charge in [0.2, 0.25) is 5.43 Å². The highest BCUT2D eigenvalue weighted by Gasteiger charge is 2.27. The van der Waals surface area contributed by atoms with Crippen molar-refractivity contribution in [3.05, 3.63) is 110 Å². The molecule has 4 rings (SSSR count). The van der Waals surface area contributed by atoms with Gasteiger partial charge in [0, 0.05) is 43.3 Å². The van der Waals surface area contributed by atoms with E-state index in [9.17, 15) is 21.6 Å². The zero-order valence-corrected chi connectivity index (χ0v) is 27.9. The Morgan fingerprint density at radius 1 is 0.795 bits per heavy atom. The van der Waals surface area contributed by atoms with E-state index in [2.05, 4.69) is 72.2 Å². The molecule has 0 aliphatic carbocycles. The van der Waals surface area contributed by atoms with Crippen LogP contribution in [0, 0.1) is 0 Å². The Morgan fingerprint density at radius 3 is 1.75 bits per heavy atom. The third-order valence-electron chi connectivity index (χ3n) is 6.64. The molecule has 1 aliphatic heterocycles. The average Bonchev–Trinajstić information content (AvgIpc) is 3.08. The number of methoxy groups -OCH3 is 1. The van der Waals surface area contributed by atoms with Gasteiger partial charge in [-0.2, -0.15) is 16.8 Å². The molecule has 0 radical (unpaired) electrons. The third kappa shape index (κ3) is 13.9. The Bertz CT molecular complexity index is 1560. The molecule has 10 nitrogen and oxygen atoms in total. The van der Waals surface area contributed by atoms with Crippen LogP contribution in [-0.4, -0.2) is 81.5 Å². The molecule has 1 saturated heterocycles. The Labute approximate surface area is 265 Å². The first-order valence-corrected chi connectivity index (χ1v) is 17.9. The molecule has 0 spiro atoms. The Kier molecular flexibility index (Phi) is 14.4. The molecule has 0 saturated carbocycles. The number of piperazine rings is 1. The summed E-state index contributed by atoms with van der Waals surface area (Å²) in [5.41, 5.74) is 4.40. The van der Waals surface area contributed by atoms with Crippen LogP contribution in [-0.2, 0) is 26.8 Å². The van der Waals surface area contributed by atoms with Crippen molar-refractivity contribution >= 4 is 31.8 Å². The monoisotopic (exact) mass is 668 g/mol. The lowest BCUT2D eigenvalue weighted by Crippen LogP contribution is -2.47. The van der Waals surface area contributed by atoms with Crippen LogP contribution in [0.2, 0.25) is 5.02 Å². The summed E-state index contributed by atoms with van der Waals surface area (Å²) in [7, 11) is -5.76. The van der Waals surface area contributed by atoms with Gasteiger partial charge in [0.05, 0.1) is 25.7 Å². The first-order valence-electron chi connectivity index (χ1n) is 13.8. The molecule has 3 aromatic carbocycles. The zero-order chi connectivity index (χ0) is 33.1. The van der Waals surface area contributed by atoms with Crippen LogP contribution in [0.15, 0.2) is 77.6 Å². The second-order valence-electron chi connectivity index (χ2n) is 10.7. The molecule has 1 unspecified atom stereocenters. The summed E-state index contributed by atoms with van der Waals surface area (Å²) >= 11 is 6.16. The first-order chi connectivity index (χ1) is 20.5. The maximum absolute atomic E-state index is 13.0. The summed E-state index contributed by atoms with van der Waals surface area (Å²) in [5, 5.41) is 0.751. The number of halogens is 1.